The SMILES string of the molecule is Nc1ncnc2c1c(-c1ccc(Oc3ccccc3)cc1)nn2C1CCNCC1. The summed E-state index contributed by atoms with van der Waals surface area (Å²) in [7, 11) is 0. The smallest absolute Gasteiger partial charge is 0.164 e. The van der Waals surface area contributed by atoms with Gasteiger partial charge >= 0.3 is 0 Å². The van der Waals surface area contributed by atoms with E-state index in [1.165, 1.54) is 6.33 Å². The molecule has 0 bridgehead atoms. The first-order chi connectivity index (χ1) is 14.3. The van der Waals surface area contributed by atoms with Crippen molar-refractivity contribution in [3.8, 4) is 22.8 Å². The molecule has 0 amide bonds. The Morgan fingerprint density at radius 1 is 0.931 bits per heavy atom. The number of nitrogen functional groups attached to an aromatic ring is 1. The van der Waals surface area contributed by atoms with E-state index in [2.05, 4.69) is 15.3 Å². The molecular weight excluding hydrogens is 364 g/mol. The van der Waals surface area contributed by atoms with Gasteiger partial charge in [0.1, 0.15) is 29.3 Å². The number of nitrogens with two attached hydrogens (primary N) is 1. The van der Waals surface area contributed by atoms with Crippen LogP contribution in [0.2, 0.25) is 0 Å². The summed E-state index contributed by atoms with van der Waals surface area (Å²) >= 11 is 0. The highest BCUT2D eigenvalue weighted by Crippen LogP contribution is 2.34. The van der Waals surface area contributed by atoms with Crippen molar-refractivity contribution in [1.29, 1.82) is 0 Å². The molecular formula is C22H22N6O. The van der Waals surface area contributed by atoms with E-state index in [0.717, 1.165) is 59.7 Å². The van der Waals surface area contributed by atoms with Gasteiger partial charge in [0.25, 0.3) is 0 Å². The predicted octanol–water partition coefficient (Wildman–Crippen LogP) is 3.79. The molecule has 0 aliphatic carbocycles. The quantitative estimate of drug-likeness (QED) is 0.554. The maximum atomic E-state index is 6.23. The molecule has 2 aromatic heterocycles. The maximum absolute atomic E-state index is 6.23. The van der Waals surface area contributed by atoms with Crippen molar-refractivity contribution in [2.24, 2.45) is 0 Å². The van der Waals surface area contributed by atoms with E-state index in [9.17, 15) is 0 Å². The van der Waals surface area contributed by atoms with Crippen LogP contribution < -0.4 is 15.8 Å². The Morgan fingerprint density at radius 3 is 2.41 bits per heavy atom. The molecule has 1 saturated heterocycles. The van der Waals surface area contributed by atoms with Gasteiger partial charge in [-0.15, -0.1) is 0 Å². The van der Waals surface area contributed by atoms with Gasteiger partial charge in [-0.25, -0.2) is 14.6 Å². The Kier molecular flexibility index (Phi) is 4.57. The zero-order chi connectivity index (χ0) is 19.6. The van der Waals surface area contributed by atoms with E-state index < -0.39 is 0 Å². The second-order valence-corrected chi connectivity index (χ2v) is 7.17. The normalized spacial score (nSPS) is 14.9. The average Bonchev–Trinajstić information content (AvgIpc) is 3.17. The van der Waals surface area contributed by atoms with E-state index in [1.54, 1.807) is 0 Å². The minimum absolute atomic E-state index is 0.308. The highest BCUT2D eigenvalue weighted by molar-refractivity contribution is 5.98. The van der Waals surface area contributed by atoms with Crippen molar-refractivity contribution in [1.82, 2.24) is 25.1 Å². The van der Waals surface area contributed by atoms with Crippen LogP contribution >= 0.6 is 0 Å². The number of hydrogen-bond donors (Lipinski definition) is 2. The summed E-state index contributed by atoms with van der Waals surface area (Å²) in [5, 5.41) is 9.13. The lowest BCUT2D eigenvalue weighted by atomic mass is 10.1. The number of nitrogens with one attached hydrogen (secondary N) is 1. The number of anilines is 1. The summed E-state index contributed by atoms with van der Waals surface area (Å²) < 4.78 is 7.92. The molecule has 4 aromatic rings. The summed E-state index contributed by atoms with van der Waals surface area (Å²) in [4.78, 5) is 8.70. The fraction of sp³-hybridized carbons (Fsp3) is 0.227. The third-order valence-electron chi connectivity index (χ3n) is 5.28. The fourth-order valence-electron chi connectivity index (χ4n) is 3.81. The molecule has 0 unspecified atom stereocenters. The molecule has 1 fully saturated rings. The van der Waals surface area contributed by atoms with Gasteiger partial charge in [-0.2, -0.15) is 5.10 Å². The number of nitrogens with zero attached hydrogens (tertiary/aromatic N) is 4. The summed E-state index contributed by atoms with van der Waals surface area (Å²) in [5.41, 5.74) is 8.79. The first-order valence-electron chi connectivity index (χ1n) is 9.82. The minimum atomic E-state index is 0.308. The van der Waals surface area contributed by atoms with Gasteiger partial charge < -0.3 is 15.8 Å². The molecule has 5 rings (SSSR count). The molecule has 7 nitrogen and oxygen atoms in total. The number of para-hydroxylation sites is 1. The predicted molar refractivity (Wildman–Crippen MR) is 113 cm³/mol. The summed E-state index contributed by atoms with van der Waals surface area (Å²) in [6.07, 6.45) is 3.55. The molecule has 7 heteroatoms. The lowest BCUT2D eigenvalue weighted by molar-refractivity contribution is 0.350. The average molecular weight is 386 g/mol. The fourth-order valence-corrected chi connectivity index (χ4v) is 3.81. The maximum Gasteiger partial charge on any atom is 0.164 e. The van der Waals surface area contributed by atoms with E-state index >= 15 is 0 Å². The molecule has 3 N–H and O–H groups in total. The van der Waals surface area contributed by atoms with E-state index in [0.29, 0.717) is 11.9 Å². The zero-order valence-electron chi connectivity index (χ0n) is 16.0. The summed E-state index contributed by atoms with van der Waals surface area (Å²) in [5.74, 6) is 2.03. The van der Waals surface area contributed by atoms with Crippen molar-refractivity contribution in [2.45, 2.75) is 18.9 Å². The standard InChI is InChI=1S/C22H22N6O/c23-21-19-20(15-6-8-18(9-7-15)29-17-4-2-1-3-5-17)27-28(22(19)26-14-25-21)16-10-12-24-13-11-16/h1-9,14,16,24H,10-13H2,(H2,23,25,26). The molecule has 3 heterocycles. The van der Waals surface area contributed by atoms with Gasteiger partial charge in [0.2, 0.25) is 0 Å². The molecule has 1 aliphatic heterocycles. The van der Waals surface area contributed by atoms with E-state index in [-0.39, 0.29) is 0 Å². The molecule has 0 saturated carbocycles. The zero-order valence-corrected chi connectivity index (χ0v) is 16.0. The van der Waals surface area contributed by atoms with Crippen molar-refractivity contribution in [3.05, 3.63) is 60.9 Å². The number of fused-ring (bicyclic) bond motifs is 1. The highest BCUT2D eigenvalue weighted by atomic mass is 16.5. The second kappa shape index (κ2) is 7.52. The number of hydrogen-bond acceptors (Lipinski definition) is 6. The van der Waals surface area contributed by atoms with E-state index in [4.69, 9.17) is 15.6 Å². The molecule has 0 radical (unpaired) electrons. The molecule has 1 aliphatic rings. The van der Waals surface area contributed by atoms with E-state index in [1.807, 2.05) is 59.3 Å². The monoisotopic (exact) mass is 386 g/mol. The van der Waals surface area contributed by atoms with Gasteiger partial charge in [0.15, 0.2) is 5.65 Å². The Morgan fingerprint density at radius 2 is 1.66 bits per heavy atom. The molecule has 0 spiro atoms. The first kappa shape index (κ1) is 17.6. The number of aromatic nitrogens is 4. The van der Waals surface area contributed by atoms with Crippen LogP contribution in [0, 0.1) is 0 Å². The van der Waals surface area contributed by atoms with Crippen LogP contribution in [0.15, 0.2) is 60.9 Å². The van der Waals surface area contributed by atoms with Crippen LogP contribution in [0.5, 0.6) is 11.5 Å². The number of benzene rings is 2. The van der Waals surface area contributed by atoms with Crippen LogP contribution in [0.25, 0.3) is 22.3 Å². The summed E-state index contributed by atoms with van der Waals surface area (Å²) in [6, 6.07) is 17.9. The Labute approximate surface area is 168 Å². The van der Waals surface area contributed by atoms with Crippen LogP contribution in [-0.4, -0.2) is 32.8 Å². The number of ether oxygens (including phenoxy) is 1. The van der Waals surface area contributed by atoms with Crippen LogP contribution in [-0.2, 0) is 0 Å². The lowest BCUT2D eigenvalue weighted by Gasteiger charge is -2.23. The van der Waals surface area contributed by atoms with Gasteiger partial charge in [-0.1, -0.05) is 18.2 Å². The summed E-state index contributed by atoms with van der Waals surface area (Å²) in [6.45, 7) is 1.96. The van der Waals surface area contributed by atoms with Gasteiger partial charge in [-0.05, 0) is 62.3 Å². The highest BCUT2D eigenvalue weighted by Gasteiger charge is 2.23. The molecule has 2 aromatic carbocycles. The Hall–Kier alpha value is -3.45. The van der Waals surface area contributed by atoms with Crippen LogP contribution in [0.4, 0.5) is 5.82 Å². The molecule has 29 heavy (non-hydrogen) atoms. The second-order valence-electron chi connectivity index (χ2n) is 7.17. The van der Waals surface area contributed by atoms with Crippen molar-refractivity contribution < 1.29 is 4.74 Å². The van der Waals surface area contributed by atoms with Gasteiger partial charge in [0.05, 0.1) is 11.4 Å². The van der Waals surface area contributed by atoms with Crippen molar-refractivity contribution >= 4 is 16.9 Å². The Balaban J connectivity index is 1.52. The third kappa shape index (κ3) is 3.40. The largest absolute Gasteiger partial charge is 0.457 e. The van der Waals surface area contributed by atoms with Crippen molar-refractivity contribution in [2.75, 3.05) is 18.8 Å². The van der Waals surface area contributed by atoms with Gasteiger partial charge in [0, 0.05) is 5.56 Å². The molecule has 0 atom stereocenters. The van der Waals surface area contributed by atoms with Crippen LogP contribution in [0.1, 0.15) is 18.9 Å². The number of rotatable bonds is 4. The third-order valence-corrected chi connectivity index (χ3v) is 5.28. The Bertz CT molecular complexity index is 1120. The lowest BCUT2D eigenvalue weighted by Crippen LogP contribution is -2.30. The van der Waals surface area contributed by atoms with Gasteiger partial charge in [-0.3, -0.25) is 0 Å². The topological polar surface area (TPSA) is 90.9 Å². The first-order valence-corrected chi connectivity index (χ1v) is 9.82. The molecule has 146 valence electrons. The van der Waals surface area contributed by atoms with Crippen LogP contribution in [0.3, 0.4) is 0 Å². The van der Waals surface area contributed by atoms with Crippen molar-refractivity contribution in [3.63, 3.8) is 0 Å². The number of piperidine rings is 1. The minimum Gasteiger partial charge on any atom is -0.457 e.